The van der Waals surface area contributed by atoms with E-state index in [0.717, 1.165) is 27.1 Å². The minimum absolute atomic E-state index is 0.384. The van der Waals surface area contributed by atoms with E-state index in [9.17, 15) is 0 Å². The van der Waals surface area contributed by atoms with E-state index in [1.807, 2.05) is 31.2 Å². The van der Waals surface area contributed by atoms with Crippen molar-refractivity contribution in [1.29, 1.82) is 0 Å². The van der Waals surface area contributed by atoms with Crippen molar-refractivity contribution in [3.63, 3.8) is 0 Å². The fraction of sp³-hybridized carbons (Fsp3) is 0.182. The van der Waals surface area contributed by atoms with Gasteiger partial charge in [0.25, 0.3) is 0 Å². The summed E-state index contributed by atoms with van der Waals surface area (Å²) in [4.78, 5) is 0. The summed E-state index contributed by atoms with van der Waals surface area (Å²) in [6, 6.07) is 7.95. The number of halogens is 1. The lowest BCUT2D eigenvalue weighted by Crippen LogP contribution is -1.95. The highest BCUT2D eigenvalue weighted by atomic mass is 79.9. The van der Waals surface area contributed by atoms with E-state index in [1.165, 1.54) is 0 Å². The fourth-order valence-corrected chi connectivity index (χ4v) is 1.70. The Bertz CT molecular complexity index is 462. The third-order valence-corrected chi connectivity index (χ3v) is 2.85. The number of aromatic nitrogens is 1. The van der Waals surface area contributed by atoms with Crippen LogP contribution in [0.5, 0.6) is 0 Å². The molecule has 15 heavy (non-hydrogen) atoms. The smallest absolute Gasteiger partial charge is 0.153 e. The normalized spacial score (nSPS) is 10.6. The summed E-state index contributed by atoms with van der Waals surface area (Å²) >= 11 is 3.39. The molecule has 1 heterocycles. The van der Waals surface area contributed by atoms with Gasteiger partial charge >= 0.3 is 0 Å². The average molecular weight is 267 g/mol. The molecule has 0 radical (unpaired) electrons. The Hall–Kier alpha value is -1.13. The lowest BCUT2D eigenvalue weighted by Gasteiger charge is -1.97. The van der Waals surface area contributed by atoms with Crippen molar-refractivity contribution in [1.82, 2.24) is 5.16 Å². The highest BCUT2D eigenvalue weighted by molar-refractivity contribution is 9.10. The molecule has 0 amide bonds. The number of hydrogen-bond donors (Lipinski definition) is 1. The molecule has 0 saturated carbocycles. The molecule has 1 aromatic heterocycles. The third kappa shape index (κ3) is 1.96. The van der Waals surface area contributed by atoms with Crippen LogP contribution in [0.3, 0.4) is 0 Å². The van der Waals surface area contributed by atoms with Gasteiger partial charge < -0.3 is 10.3 Å². The van der Waals surface area contributed by atoms with Gasteiger partial charge in [0.1, 0.15) is 5.69 Å². The van der Waals surface area contributed by atoms with Gasteiger partial charge in [-0.3, -0.25) is 0 Å². The summed E-state index contributed by atoms with van der Waals surface area (Å²) in [6.07, 6.45) is 0. The molecule has 1 aromatic carbocycles. The van der Waals surface area contributed by atoms with Crippen molar-refractivity contribution >= 4 is 15.9 Å². The zero-order valence-corrected chi connectivity index (χ0v) is 9.91. The van der Waals surface area contributed by atoms with E-state index in [1.54, 1.807) is 0 Å². The Morgan fingerprint density at radius 1 is 1.33 bits per heavy atom. The molecule has 3 nitrogen and oxygen atoms in total. The standard InChI is InChI=1S/C11H11BrN2O/c1-7-10(6-13)15-14-11(7)8-2-4-9(12)5-3-8/h2-5H,6,13H2,1H3. The van der Waals surface area contributed by atoms with Gasteiger partial charge in [-0.2, -0.15) is 0 Å². The lowest BCUT2D eigenvalue weighted by atomic mass is 10.1. The molecular formula is C11H11BrN2O. The maximum Gasteiger partial charge on any atom is 0.153 e. The molecule has 4 heteroatoms. The van der Waals surface area contributed by atoms with Crippen LogP contribution in [0.15, 0.2) is 33.3 Å². The van der Waals surface area contributed by atoms with Crippen LogP contribution in [0.2, 0.25) is 0 Å². The van der Waals surface area contributed by atoms with Gasteiger partial charge in [-0.25, -0.2) is 0 Å². The first-order valence-corrected chi connectivity index (χ1v) is 5.43. The van der Waals surface area contributed by atoms with Crippen LogP contribution in [0, 0.1) is 6.92 Å². The first-order valence-electron chi connectivity index (χ1n) is 4.63. The van der Waals surface area contributed by atoms with Crippen molar-refractivity contribution in [2.24, 2.45) is 5.73 Å². The molecule has 2 rings (SSSR count). The van der Waals surface area contributed by atoms with Crippen LogP contribution < -0.4 is 5.73 Å². The van der Waals surface area contributed by atoms with E-state index in [-0.39, 0.29) is 0 Å². The number of nitrogens with zero attached hydrogens (tertiary/aromatic N) is 1. The van der Waals surface area contributed by atoms with E-state index in [2.05, 4.69) is 21.1 Å². The fourth-order valence-electron chi connectivity index (χ4n) is 1.44. The zero-order chi connectivity index (χ0) is 10.8. The molecule has 78 valence electrons. The molecule has 2 N–H and O–H groups in total. The number of hydrogen-bond acceptors (Lipinski definition) is 3. The molecule has 0 fully saturated rings. The molecule has 0 aliphatic heterocycles. The summed E-state index contributed by atoms with van der Waals surface area (Å²) in [5.74, 6) is 0.743. The van der Waals surface area contributed by atoms with Crippen LogP contribution in [0.4, 0.5) is 0 Å². The van der Waals surface area contributed by atoms with Crippen LogP contribution in [0.25, 0.3) is 11.3 Å². The van der Waals surface area contributed by atoms with Gasteiger partial charge in [0, 0.05) is 15.6 Å². The first kappa shape index (κ1) is 10.4. The Labute approximate surface area is 96.4 Å². The summed E-state index contributed by atoms with van der Waals surface area (Å²) in [7, 11) is 0. The number of rotatable bonds is 2. The molecule has 0 unspecified atom stereocenters. The van der Waals surface area contributed by atoms with Crippen molar-refractivity contribution in [3.8, 4) is 11.3 Å². The van der Waals surface area contributed by atoms with Crippen molar-refractivity contribution < 1.29 is 4.52 Å². The van der Waals surface area contributed by atoms with Crippen molar-refractivity contribution in [2.75, 3.05) is 0 Å². The first-order chi connectivity index (χ1) is 7.22. The van der Waals surface area contributed by atoms with E-state index in [0.29, 0.717) is 6.54 Å². The van der Waals surface area contributed by atoms with E-state index in [4.69, 9.17) is 10.3 Å². The topological polar surface area (TPSA) is 52.0 Å². The Kier molecular flexibility index (Phi) is 2.88. The van der Waals surface area contributed by atoms with Crippen LogP contribution in [-0.2, 0) is 6.54 Å². The number of benzene rings is 1. The molecule has 0 saturated heterocycles. The van der Waals surface area contributed by atoms with E-state index >= 15 is 0 Å². The van der Waals surface area contributed by atoms with E-state index < -0.39 is 0 Å². The van der Waals surface area contributed by atoms with Gasteiger partial charge in [0.15, 0.2) is 5.76 Å². The third-order valence-electron chi connectivity index (χ3n) is 2.32. The van der Waals surface area contributed by atoms with Gasteiger partial charge in [-0.05, 0) is 19.1 Å². The highest BCUT2D eigenvalue weighted by Gasteiger charge is 2.11. The number of nitrogens with two attached hydrogens (primary N) is 1. The molecule has 0 aliphatic carbocycles. The minimum atomic E-state index is 0.384. The summed E-state index contributed by atoms with van der Waals surface area (Å²) in [5, 5.41) is 4.02. The van der Waals surface area contributed by atoms with Crippen LogP contribution in [0.1, 0.15) is 11.3 Å². The summed E-state index contributed by atoms with van der Waals surface area (Å²) < 4.78 is 6.19. The SMILES string of the molecule is Cc1c(-c2ccc(Br)cc2)noc1CN. The van der Waals surface area contributed by atoms with Crippen molar-refractivity contribution in [2.45, 2.75) is 13.5 Å². The predicted molar refractivity (Wildman–Crippen MR) is 62.3 cm³/mol. The Balaban J connectivity index is 2.45. The van der Waals surface area contributed by atoms with Gasteiger partial charge in [-0.15, -0.1) is 0 Å². The average Bonchev–Trinajstić information content (AvgIpc) is 2.61. The Morgan fingerprint density at radius 3 is 2.53 bits per heavy atom. The van der Waals surface area contributed by atoms with Crippen LogP contribution >= 0.6 is 15.9 Å². The van der Waals surface area contributed by atoms with Gasteiger partial charge in [-0.1, -0.05) is 33.2 Å². The second kappa shape index (κ2) is 4.16. The maximum absolute atomic E-state index is 5.52. The predicted octanol–water partition coefficient (Wildman–Crippen LogP) is 2.87. The molecular weight excluding hydrogens is 256 g/mol. The van der Waals surface area contributed by atoms with Gasteiger partial charge in [0.2, 0.25) is 0 Å². The monoisotopic (exact) mass is 266 g/mol. The molecule has 0 spiro atoms. The Morgan fingerprint density at radius 2 is 2.00 bits per heavy atom. The van der Waals surface area contributed by atoms with Crippen LogP contribution in [-0.4, -0.2) is 5.16 Å². The minimum Gasteiger partial charge on any atom is -0.359 e. The highest BCUT2D eigenvalue weighted by Crippen LogP contribution is 2.25. The quantitative estimate of drug-likeness (QED) is 0.910. The molecule has 2 aromatic rings. The molecule has 0 atom stereocenters. The van der Waals surface area contributed by atoms with Gasteiger partial charge in [0.05, 0.1) is 6.54 Å². The zero-order valence-electron chi connectivity index (χ0n) is 8.33. The lowest BCUT2D eigenvalue weighted by molar-refractivity contribution is 0.386. The summed E-state index contributed by atoms with van der Waals surface area (Å²) in [5.41, 5.74) is 8.44. The molecule has 0 bridgehead atoms. The molecule has 0 aliphatic rings. The largest absolute Gasteiger partial charge is 0.359 e. The second-order valence-electron chi connectivity index (χ2n) is 3.29. The maximum atomic E-state index is 5.52. The summed E-state index contributed by atoms with van der Waals surface area (Å²) in [6.45, 7) is 2.35. The second-order valence-corrected chi connectivity index (χ2v) is 4.21. The van der Waals surface area contributed by atoms with Crippen molar-refractivity contribution in [3.05, 3.63) is 40.1 Å².